The van der Waals surface area contributed by atoms with E-state index in [0.717, 1.165) is 29.0 Å². The number of ether oxygens (including phenoxy) is 1. The van der Waals surface area contributed by atoms with E-state index >= 15 is 0 Å². The third-order valence-electron chi connectivity index (χ3n) is 4.65. The van der Waals surface area contributed by atoms with Crippen molar-refractivity contribution in [1.29, 1.82) is 0 Å². The highest BCUT2D eigenvalue weighted by atomic mass is 79.9. The molecule has 1 aromatic heterocycles. The minimum Gasteiger partial charge on any atom is -0.488 e. The lowest BCUT2D eigenvalue weighted by molar-refractivity contribution is 0.303. The number of nitrogens with zero attached hydrogens (tertiary/aromatic N) is 3. The lowest BCUT2D eigenvalue weighted by Crippen LogP contribution is -2.20. The van der Waals surface area contributed by atoms with Gasteiger partial charge in [0.1, 0.15) is 18.2 Å². The molecule has 3 aromatic carbocycles. The van der Waals surface area contributed by atoms with Crippen LogP contribution in [0.25, 0.3) is 10.9 Å². The Balaban J connectivity index is 1.55. The minimum absolute atomic E-state index is 0.218. The Morgan fingerprint density at radius 2 is 1.72 bits per heavy atom. The first kappa shape index (κ1) is 23.4. The number of aryl methyl sites for hydroxylation is 1. The van der Waals surface area contributed by atoms with Crippen molar-refractivity contribution in [2.75, 3.05) is 0 Å². The van der Waals surface area contributed by atoms with E-state index in [9.17, 15) is 4.79 Å². The van der Waals surface area contributed by atoms with E-state index in [4.69, 9.17) is 4.74 Å². The number of aromatic nitrogens is 2. The van der Waals surface area contributed by atoms with Gasteiger partial charge in [-0.2, -0.15) is 9.78 Å². The summed E-state index contributed by atoms with van der Waals surface area (Å²) in [5, 5.41) is 4.87. The second-order valence-corrected chi connectivity index (χ2v) is 10.4. The second-order valence-electron chi connectivity index (χ2n) is 6.90. The van der Waals surface area contributed by atoms with Crippen LogP contribution in [0.5, 0.6) is 5.75 Å². The van der Waals surface area contributed by atoms with Gasteiger partial charge < -0.3 is 4.74 Å². The maximum absolute atomic E-state index is 12.9. The maximum Gasteiger partial charge on any atom is 0.282 e. The van der Waals surface area contributed by atoms with Crippen LogP contribution < -0.4 is 10.3 Å². The predicted molar refractivity (Wildman–Crippen MR) is 142 cm³/mol. The molecule has 9 heteroatoms. The summed E-state index contributed by atoms with van der Waals surface area (Å²) in [4.78, 5) is 17.3. The highest BCUT2D eigenvalue weighted by Gasteiger charge is 2.09. The number of halogens is 4. The Labute approximate surface area is 218 Å². The molecule has 0 aliphatic rings. The van der Waals surface area contributed by atoms with Crippen LogP contribution in [-0.4, -0.2) is 15.9 Å². The van der Waals surface area contributed by atoms with Gasteiger partial charge in [-0.3, -0.25) is 4.79 Å². The van der Waals surface area contributed by atoms with Crippen molar-refractivity contribution < 1.29 is 4.74 Å². The van der Waals surface area contributed by atoms with Crippen LogP contribution >= 0.6 is 63.7 Å². The molecule has 0 bridgehead atoms. The average Bonchev–Trinajstić information content (AvgIpc) is 2.74. The molecule has 0 fully saturated rings. The van der Waals surface area contributed by atoms with E-state index < -0.39 is 0 Å². The third-order valence-corrected chi connectivity index (χ3v) is 6.99. The molecule has 0 unspecified atom stereocenters. The van der Waals surface area contributed by atoms with E-state index in [1.165, 1.54) is 4.68 Å². The minimum atomic E-state index is -0.218. The smallest absolute Gasteiger partial charge is 0.282 e. The van der Waals surface area contributed by atoms with Crippen LogP contribution in [0.3, 0.4) is 0 Å². The van der Waals surface area contributed by atoms with E-state index in [-0.39, 0.29) is 5.56 Å². The monoisotopic (exact) mass is 681 g/mol. The molecule has 0 spiro atoms. The molecular formula is C23H15Br4N3O2. The summed E-state index contributed by atoms with van der Waals surface area (Å²) in [5.74, 6) is 1.22. The Bertz CT molecular complexity index is 1420. The number of hydrogen-bond acceptors (Lipinski definition) is 4. The quantitative estimate of drug-likeness (QED) is 0.209. The zero-order valence-corrected chi connectivity index (χ0v) is 23.0. The number of hydrogen-bond donors (Lipinski definition) is 0. The van der Waals surface area contributed by atoms with Crippen molar-refractivity contribution in [3.05, 3.63) is 99.8 Å². The molecule has 0 radical (unpaired) electrons. The summed E-state index contributed by atoms with van der Waals surface area (Å²) in [7, 11) is 0. The first-order valence-electron chi connectivity index (χ1n) is 9.41. The summed E-state index contributed by atoms with van der Waals surface area (Å²) in [6.07, 6.45) is 1.62. The first-order valence-corrected chi connectivity index (χ1v) is 12.6. The molecule has 4 aromatic rings. The van der Waals surface area contributed by atoms with Crippen molar-refractivity contribution in [2.45, 2.75) is 13.5 Å². The lowest BCUT2D eigenvalue weighted by atomic mass is 10.2. The average molecular weight is 685 g/mol. The van der Waals surface area contributed by atoms with Crippen LogP contribution in [0.4, 0.5) is 0 Å². The molecule has 4 rings (SSSR count). The van der Waals surface area contributed by atoms with Crippen molar-refractivity contribution in [1.82, 2.24) is 9.66 Å². The molecule has 0 aliphatic carbocycles. The van der Waals surface area contributed by atoms with Gasteiger partial charge in [-0.15, -0.1) is 0 Å². The fourth-order valence-corrected chi connectivity index (χ4v) is 5.06. The number of rotatable bonds is 5. The van der Waals surface area contributed by atoms with Gasteiger partial charge in [0.2, 0.25) is 0 Å². The fourth-order valence-electron chi connectivity index (χ4n) is 3.03. The highest BCUT2D eigenvalue weighted by molar-refractivity contribution is 9.11. The molecule has 1 heterocycles. The van der Waals surface area contributed by atoms with Crippen LogP contribution in [0.1, 0.15) is 17.0 Å². The largest absolute Gasteiger partial charge is 0.488 e. The molecular weight excluding hydrogens is 670 g/mol. The Hall–Kier alpha value is -1.81. The van der Waals surface area contributed by atoms with E-state index in [0.29, 0.717) is 29.1 Å². The van der Waals surface area contributed by atoms with Gasteiger partial charge in [0.05, 0.1) is 21.6 Å². The molecule has 5 nitrogen and oxygen atoms in total. The van der Waals surface area contributed by atoms with Crippen molar-refractivity contribution in [2.24, 2.45) is 5.10 Å². The lowest BCUT2D eigenvalue weighted by Gasteiger charge is -2.10. The molecule has 0 atom stereocenters. The summed E-state index contributed by atoms with van der Waals surface area (Å²) in [6.45, 7) is 2.18. The van der Waals surface area contributed by atoms with E-state index in [1.807, 2.05) is 48.5 Å². The Kier molecular flexibility index (Phi) is 7.29. The third kappa shape index (κ3) is 5.22. The van der Waals surface area contributed by atoms with E-state index in [2.05, 4.69) is 73.8 Å². The van der Waals surface area contributed by atoms with Gasteiger partial charge in [-0.05, 0) is 76.9 Å². The van der Waals surface area contributed by atoms with Gasteiger partial charge in [0, 0.05) is 19.0 Å². The van der Waals surface area contributed by atoms with Gasteiger partial charge >= 0.3 is 0 Å². The van der Waals surface area contributed by atoms with Gasteiger partial charge in [0.15, 0.2) is 0 Å². The number of benzene rings is 3. The number of fused-ring (bicyclic) bond motifs is 1. The SMILES string of the molecule is Cc1nc2ccc(Br)cc2c(=O)n1N=Cc1ccc(OCc2ccc(Br)cc2Br)c(Br)c1. The van der Waals surface area contributed by atoms with Crippen molar-refractivity contribution in [3.63, 3.8) is 0 Å². The summed E-state index contributed by atoms with van der Waals surface area (Å²) in [5.41, 5.74) is 2.28. The first-order chi connectivity index (χ1) is 15.3. The maximum atomic E-state index is 12.9. The topological polar surface area (TPSA) is 56.5 Å². The van der Waals surface area contributed by atoms with Gasteiger partial charge in [0.25, 0.3) is 5.56 Å². The standard InChI is InChI=1S/C23H15Br4N3O2/c1-13-29-21-6-5-16(24)9-18(21)23(31)30(13)28-11-14-2-7-22(20(27)8-14)32-12-15-3-4-17(25)10-19(15)26/h2-11H,12H2,1H3. The zero-order valence-electron chi connectivity index (χ0n) is 16.7. The highest BCUT2D eigenvalue weighted by Crippen LogP contribution is 2.28. The van der Waals surface area contributed by atoms with Gasteiger partial charge in [-0.25, -0.2) is 4.98 Å². The van der Waals surface area contributed by atoms with Crippen molar-refractivity contribution >= 4 is 80.8 Å². The molecule has 0 saturated heterocycles. The molecule has 0 aliphatic heterocycles. The van der Waals surface area contributed by atoms with Crippen molar-refractivity contribution in [3.8, 4) is 5.75 Å². The normalized spacial score (nSPS) is 11.4. The molecule has 162 valence electrons. The van der Waals surface area contributed by atoms with Crippen LogP contribution in [0, 0.1) is 6.92 Å². The van der Waals surface area contributed by atoms with E-state index in [1.54, 1.807) is 19.2 Å². The summed E-state index contributed by atoms with van der Waals surface area (Å²) in [6, 6.07) is 17.0. The summed E-state index contributed by atoms with van der Waals surface area (Å²) >= 11 is 14.0. The van der Waals surface area contributed by atoms with Gasteiger partial charge in [-0.1, -0.05) is 53.9 Å². The summed E-state index contributed by atoms with van der Waals surface area (Å²) < 4.78 is 10.8. The fraction of sp³-hybridized carbons (Fsp3) is 0.0870. The molecule has 0 saturated carbocycles. The molecule has 0 N–H and O–H groups in total. The Morgan fingerprint density at radius 1 is 0.969 bits per heavy atom. The van der Waals surface area contributed by atoms with Crippen LogP contribution in [0.2, 0.25) is 0 Å². The second kappa shape index (κ2) is 9.99. The Morgan fingerprint density at radius 3 is 2.47 bits per heavy atom. The predicted octanol–water partition coefficient (Wildman–Crippen LogP) is 7.22. The molecule has 0 amide bonds. The molecule has 32 heavy (non-hydrogen) atoms. The van der Waals surface area contributed by atoms with Crippen LogP contribution in [0.15, 0.2) is 82.4 Å². The zero-order chi connectivity index (χ0) is 22.8. The van der Waals surface area contributed by atoms with Crippen LogP contribution in [-0.2, 0) is 6.61 Å².